The predicted molar refractivity (Wildman–Crippen MR) is 125 cm³/mol. The first-order valence-electron chi connectivity index (χ1n) is 11.2. The van der Waals surface area contributed by atoms with E-state index in [0.717, 1.165) is 17.7 Å². The molecule has 0 saturated carbocycles. The molecule has 2 aromatic carbocycles. The van der Waals surface area contributed by atoms with Crippen molar-refractivity contribution in [2.24, 2.45) is 5.92 Å². The first-order valence-corrected chi connectivity index (χ1v) is 11.2. The number of likely N-dealkylation sites (tertiary alicyclic amines) is 1. The molecule has 6 heteroatoms. The Bertz CT molecular complexity index is 1500. The van der Waals surface area contributed by atoms with E-state index in [9.17, 15) is 14.4 Å². The Kier molecular flexibility index (Phi) is 4.54. The van der Waals surface area contributed by atoms with Crippen molar-refractivity contribution in [2.75, 3.05) is 13.1 Å². The number of benzene rings is 2. The SMILES string of the molecule is O=C(c1ccc2c(=O)oc(-c3ccccc3)cc2c1)N1CC2CC(C1)c1cccc(=O)n1C2. The Morgan fingerprint density at radius 2 is 1.73 bits per heavy atom. The zero-order valence-electron chi connectivity index (χ0n) is 17.9. The average Bonchev–Trinajstić information content (AvgIpc) is 2.84. The van der Waals surface area contributed by atoms with Crippen LogP contribution in [0.4, 0.5) is 0 Å². The molecule has 6 rings (SSSR count). The maximum Gasteiger partial charge on any atom is 0.344 e. The Balaban J connectivity index is 1.34. The van der Waals surface area contributed by atoms with Gasteiger partial charge in [0.25, 0.3) is 11.5 Å². The maximum absolute atomic E-state index is 13.4. The lowest BCUT2D eigenvalue weighted by Crippen LogP contribution is -2.49. The van der Waals surface area contributed by atoms with Gasteiger partial charge in [-0.05, 0) is 48.1 Å². The van der Waals surface area contributed by atoms with Gasteiger partial charge in [-0.1, -0.05) is 36.4 Å². The summed E-state index contributed by atoms with van der Waals surface area (Å²) >= 11 is 0. The molecule has 2 bridgehead atoms. The molecule has 164 valence electrons. The topological polar surface area (TPSA) is 72.5 Å². The molecule has 2 aromatic heterocycles. The minimum atomic E-state index is -0.417. The average molecular weight is 438 g/mol. The number of carbonyl (C=O) groups is 1. The van der Waals surface area contributed by atoms with Gasteiger partial charge in [0, 0.05) is 48.4 Å². The Hall–Kier alpha value is -3.93. The van der Waals surface area contributed by atoms with E-state index in [2.05, 4.69) is 0 Å². The molecule has 4 heterocycles. The normalized spacial score (nSPS) is 19.3. The van der Waals surface area contributed by atoms with E-state index >= 15 is 0 Å². The van der Waals surface area contributed by atoms with E-state index in [0.29, 0.717) is 41.7 Å². The summed E-state index contributed by atoms with van der Waals surface area (Å²) in [7, 11) is 0. The molecule has 0 aliphatic carbocycles. The summed E-state index contributed by atoms with van der Waals surface area (Å²) < 4.78 is 7.37. The highest BCUT2D eigenvalue weighted by atomic mass is 16.4. The van der Waals surface area contributed by atoms with Crippen LogP contribution < -0.4 is 11.2 Å². The van der Waals surface area contributed by atoms with Gasteiger partial charge in [-0.15, -0.1) is 0 Å². The molecule has 0 spiro atoms. The van der Waals surface area contributed by atoms with Gasteiger partial charge < -0.3 is 13.9 Å². The summed E-state index contributed by atoms with van der Waals surface area (Å²) in [5.74, 6) is 0.852. The van der Waals surface area contributed by atoms with Crippen LogP contribution in [0.1, 0.15) is 28.4 Å². The lowest BCUT2D eigenvalue weighted by atomic mass is 9.83. The monoisotopic (exact) mass is 438 g/mol. The van der Waals surface area contributed by atoms with Gasteiger partial charge in [0.05, 0.1) is 5.39 Å². The lowest BCUT2D eigenvalue weighted by Gasteiger charge is -2.42. The largest absolute Gasteiger partial charge is 0.422 e. The molecule has 2 aliphatic rings. The quantitative estimate of drug-likeness (QED) is 0.476. The fourth-order valence-electron chi connectivity index (χ4n) is 5.32. The molecule has 2 atom stereocenters. The van der Waals surface area contributed by atoms with Crippen LogP contribution in [-0.4, -0.2) is 28.5 Å². The highest BCUT2D eigenvalue weighted by molar-refractivity contribution is 5.99. The van der Waals surface area contributed by atoms with Crippen LogP contribution in [0, 0.1) is 5.92 Å². The predicted octanol–water partition coefficient (Wildman–Crippen LogP) is 3.88. The third-order valence-electron chi connectivity index (χ3n) is 6.83. The van der Waals surface area contributed by atoms with Gasteiger partial charge in [0.15, 0.2) is 0 Å². The number of amides is 1. The van der Waals surface area contributed by atoms with E-state index in [1.807, 2.05) is 51.9 Å². The van der Waals surface area contributed by atoms with Gasteiger partial charge in [-0.2, -0.15) is 0 Å². The zero-order valence-corrected chi connectivity index (χ0v) is 17.9. The number of nitrogens with zero attached hydrogens (tertiary/aromatic N) is 2. The van der Waals surface area contributed by atoms with Crippen LogP contribution in [0.5, 0.6) is 0 Å². The molecule has 1 saturated heterocycles. The highest BCUT2D eigenvalue weighted by Gasteiger charge is 2.36. The molecule has 2 aliphatic heterocycles. The van der Waals surface area contributed by atoms with Crippen LogP contribution in [0.15, 0.2) is 86.8 Å². The summed E-state index contributed by atoms with van der Waals surface area (Å²) in [5, 5.41) is 1.14. The molecule has 0 N–H and O–H groups in total. The van der Waals surface area contributed by atoms with Crippen molar-refractivity contribution in [2.45, 2.75) is 18.9 Å². The van der Waals surface area contributed by atoms with Crippen LogP contribution >= 0.6 is 0 Å². The van der Waals surface area contributed by atoms with Gasteiger partial charge in [0.1, 0.15) is 5.76 Å². The van der Waals surface area contributed by atoms with Gasteiger partial charge in [0.2, 0.25) is 0 Å². The molecule has 1 amide bonds. The second-order valence-electron chi connectivity index (χ2n) is 8.97. The first kappa shape index (κ1) is 19.7. The van der Waals surface area contributed by atoms with Crippen molar-refractivity contribution in [1.82, 2.24) is 9.47 Å². The van der Waals surface area contributed by atoms with Crippen LogP contribution in [0.3, 0.4) is 0 Å². The summed E-state index contributed by atoms with van der Waals surface area (Å²) in [6, 6.07) is 21.8. The molecular formula is C27H22N2O4. The van der Waals surface area contributed by atoms with Crippen LogP contribution in [-0.2, 0) is 6.54 Å². The fourth-order valence-corrected chi connectivity index (χ4v) is 5.32. The van der Waals surface area contributed by atoms with E-state index in [1.165, 1.54) is 0 Å². The third-order valence-corrected chi connectivity index (χ3v) is 6.83. The smallest absolute Gasteiger partial charge is 0.344 e. The van der Waals surface area contributed by atoms with Crippen molar-refractivity contribution in [3.63, 3.8) is 0 Å². The molecular weight excluding hydrogens is 416 g/mol. The zero-order chi connectivity index (χ0) is 22.5. The number of rotatable bonds is 2. The van der Waals surface area contributed by atoms with Crippen LogP contribution in [0.25, 0.3) is 22.1 Å². The second kappa shape index (κ2) is 7.59. The summed E-state index contributed by atoms with van der Waals surface area (Å²) in [6.07, 6.45) is 0.992. The van der Waals surface area contributed by atoms with E-state index < -0.39 is 5.63 Å². The van der Waals surface area contributed by atoms with Gasteiger partial charge in [-0.25, -0.2) is 4.79 Å². The minimum absolute atomic E-state index is 0.0320. The van der Waals surface area contributed by atoms with Crippen molar-refractivity contribution in [3.8, 4) is 11.3 Å². The molecule has 4 aromatic rings. The number of fused-ring (bicyclic) bond motifs is 5. The summed E-state index contributed by atoms with van der Waals surface area (Å²) in [6.45, 7) is 1.86. The number of piperidine rings is 1. The number of pyridine rings is 1. The highest BCUT2D eigenvalue weighted by Crippen LogP contribution is 2.35. The molecule has 2 unspecified atom stereocenters. The van der Waals surface area contributed by atoms with Crippen LogP contribution in [0.2, 0.25) is 0 Å². The van der Waals surface area contributed by atoms with Crippen molar-refractivity contribution < 1.29 is 9.21 Å². The molecule has 0 radical (unpaired) electrons. The number of carbonyl (C=O) groups excluding carboxylic acids is 1. The third kappa shape index (κ3) is 3.39. The van der Waals surface area contributed by atoms with Crippen molar-refractivity contribution in [3.05, 3.63) is 105 Å². The Labute approximate surface area is 189 Å². The Morgan fingerprint density at radius 3 is 2.58 bits per heavy atom. The number of aromatic nitrogens is 1. The van der Waals surface area contributed by atoms with Crippen molar-refractivity contribution >= 4 is 16.7 Å². The second-order valence-corrected chi connectivity index (χ2v) is 8.97. The van der Waals surface area contributed by atoms with Gasteiger partial charge in [-0.3, -0.25) is 9.59 Å². The van der Waals surface area contributed by atoms with E-state index in [4.69, 9.17) is 4.42 Å². The summed E-state index contributed by atoms with van der Waals surface area (Å²) in [5.41, 5.74) is 1.99. The van der Waals surface area contributed by atoms with Crippen molar-refractivity contribution in [1.29, 1.82) is 0 Å². The standard InChI is InChI=1S/C27H22N2O4/c30-25-8-4-7-23-21-11-17(15-29(23)25)14-28(16-21)26(31)19-9-10-22-20(12-19)13-24(33-27(22)32)18-5-2-1-3-6-18/h1-10,12-13,17,21H,11,14-16H2. The van der Waals surface area contributed by atoms with Gasteiger partial charge >= 0.3 is 5.63 Å². The summed E-state index contributed by atoms with van der Waals surface area (Å²) in [4.78, 5) is 40.1. The number of hydrogen-bond donors (Lipinski definition) is 0. The first-order chi connectivity index (χ1) is 16.1. The minimum Gasteiger partial charge on any atom is -0.422 e. The fraction of sp³-hybridized carbons (Fsp3) is 0.222. The molecule has 1 fully saturated rings. The Morgan fingerprint density at radius 1 is 0.879 bits per heavy atom. The van der Waals surface area contributed by atoms with E-state index in [-0.39, 0.29) is 23.3 Å². The lowest BCUT2D eigenvalue weighted by molar-refractivity contribution is 0.0594. The molecule has 6 nitrogen and oxygen atoms in total. The molecule has 33 heavy (non-hydrogen) atoms. The maximum atomic E-state index is 13.4. The van der Waals surface area contributed by atoms with E-state index in [1.54, 1.807) is 30.3 Å². The number of hydrogen-bond acceptors (Lipinski definition) is 4.